The van der Waals surface area contributed by atoms with Gasteiger partial charge in [0.1, 0.15) is 12.1 Å². The van der Waals surface area contributed by atoms with Gasteiger partial charge in [-0.1, -0.05) is 13.8 Å². The second kappa shape index (κ2) is 9.52. The van der Waals surface area contributed by atoms with Crippen molar-refractivity contribution in [2.24, 2.45) is 5.92 Å². The van der Waals surface area contributed by atoms with E-state index in [1.165, 1.54) is 0 Å². The van der Waals surface area contributed by atoms with Crippen molar-refractivity contribution < 1.29 is 9.59 Å². The molecule has 0 saturated heterocycles. The van der Waals surface area contributed by atoms with Crippen LogP contribution < -0.4 is 5.32 Å². The fraction of sp³-hybridized carbons (Fsp3) is 0.846. The van der Waals surface area contributed by atoms with Crippen LogP contribution in [0.3, 0.4) is 0 Å². The van der Waals surface area contributed by atoms with E-state index in [0.29, 0.717) is 12.5 Å². The Morgan fingerprint density at radius 2 is 1.94 bits per heavy atom. The first-order valence-corrected chi connectivity index (χ1v) is 6.32. The number of Topliss-reactive ketones (excluding diaryl/α,β-unsaturated/α-hetero) is 1. The van der Waals surface area contributed by atoms with Gasteiger partial charge in [0.2, 0.25) is 0 Å². The van der Waals surface area contributed by atoms with E-state index in [2.05, 4.69) is 19.2 Å². The molecule has 94 valence electrons. The molecule has 0 bridgehead atoms. The van der Waals surface area contributed by atoms with Crippen LogP contribution in [-0.4, -0.2) is 24.7 Å². The number of hydrogen-bond acceptors (Lipinski definition) is 3. The third-order valence-corrected chi connectivity index (χ3v) is 2.91. The van der Waals surface area contributed by atoms with Crippen LogP contribution in [-0.2, 0) is 9.59 Å². The highest BCUT2D eigenvalue weighted by atomic mass is 16.1. The van der Waals surface area contributed by atoms with E-state index in [1.54, 1.807) is 6.92 Å². The maximum absolute atomic E-state index is 10.9. The van der Waals surface area contributed by atoms with Gasteiger partial charge in [-0.3, -0.25) is 0 Å². The summed E-state index contributed by atoms with van der Waals surface area (Å²) < 4.78 is 0. The average molecular weight is 227 g/mol. The number of nitrogens with one attached hydrogen (secondary N) is 1. The fourth-order valence-electron chi connectivity index (χ4n) is 1.84. The van der Waals surface area contributed by atoms with Gasteiger partial charge < -0.3 is 14.9 Å². The molecule has 3 heteroatoms. The molecule has 3 nitrogen and oxygen atoms in total. The van der Waals surface area contributed by atoms with E-state index in [1.807, 2.05) is 0 Å². The molecule has 1 N–H and O–H groups in total. The predicted molar refractivity (Wildman–Crippen MR) is 66.5 cm³/mol. The highest BCUT2D eigenvalue weighted by Crippen LogP contribution is 2.08. The third-order valence-electron chi connectivity index (χ3n) is 2.91. The molecule has 0 amide bonds. The Morgan fingerprint density at radius 3 is 2.38 bits per heavy atom. The van der Waals surface area contributed by atoms with Crippen LogP contribution in [0.15, 0.2) is 0 Å². The van der Waals surface area contributed by atoms with Crippen molar-refractivity contribution in [3.63, 3.8) is 0 Å². The van der Waals surface area contributed by atoms with E-state index in [9.17, 15) is 9.59 Å². The minimum absolute atomic E-state index is 0.0824. The van der Waals surface area contributed by atoms with Crippen LogP contribution in [0.5, 0.6) is 0 Å². The van der Waals surface area contributed by atoms with Crippen molar-refractivity contribution in [1.82, 2.24) is 5.32 Å². The van der Waals surface area contributed by atoms with Gasteiger partial charge in [-0.05, 0) is 39.2 Å². The van der Waals surface area contributed by atoms with Gasteiger partial charge >= 0.3 is 0 Å². The average Bonchev–Trinajstić information content (AvgIpc) is 2.27. The van der Waals surface area contributed by atoms with Gasteiger partial charge in [0.25, 0.3) is 0 Å². The van der Waals surface area contributed by atoms with Crippen molar-refractivity contribution in [3.8, 4) is 0 Å². The highest BCUT2D eigenvalue weighted by Gasteiger charge is 2.10. The molecule has 0 aromatic heterocycles. The molecule has 0 aliphatic carbocycles. The van der Waals surface area contributed by atoms with Crippen LogP contribution >= 0.6 is 0 Å². The predicted octanol–water partition coefficient (Wildman–Crippen LogP) is 2.34. The molecule has 0 aliphatic heterocycles. The Bertz CT molecular complexity index is 200. The molecule has 0 radical (unpaired) electrons. The number of ketones is 1. The van der Waals surface area contributed by atoms with E-state index < -0.39 is 0 Å². The topological polar surface area (TPSA) is 46.2 Å². The van der Waals surface area contributed by atoms with Crippen molar-refractivity contribution in [1.29, 1.82) is 0 Å². The Labute approximate surface area is 99.0 Å². The summed E-state index contributed by atoms with van der Waals surface area (Å²) in [5, 5.41) is 3.45. The van der Waals surface area contributed by atoms with E-state index in [-0.39, 0.29) is 11.7 Å². The van der Waals surface area contributed by atoms with E-state index in [0.717, 1.165) is 38.5 Å². The van der Waals surface area contributed by atoms with Gasteiger partial charge in [0.15, 0.2) is 0 Å². The van der Waals surface area contributed by atoms with Crippen molar-refractivity contribution >= 4 is 12.1 Å². The van der Waals surface area contributed by atoms with Crippen LogP contribution in [0.25, 0.3) is 0 Å². The first-order valence-electron chi connectivity index (χ1n) is 6.32. The smallest absolute Gasteiger partial charge is 0.130 e. The van der Waals surface area contributed by atoms with Gasteiger partial charge in [0, 0.05) is 18.4 Å². The first-order chi connectivity index (χ1) is 7.63. The molecule has 1 atom stereocenters. The third kappa shape index (κ3) is 7.57. The highest BCUT2D eigenvalue weighted by molar-refractivity contribution is 5.78. The van der Waals surface area contributed by atoms with E-state index >= 15 is 0 Å². The van der Waals surface area contributed by atoms with Crippen molar-refractivity contribution in [3.05, 3.63) is 0 Å². The summed E-state index contributed by atoms with van der Waals surface area (Å²) >= 11 is 0. The van der Waals surface area contributed by atoms with Crippen molar-refractivity contribution in [2.75, 3.05) is 6.54 Å². The number of aldehydes is 1. The summed E-state index contributed by atoms with van der Waals surface area (Å²) in [6.07, 6.45) is 5.37. The number of carbonyl (C=O) groups excluding carboxylic acids is 2. The molecular weight excluding hydrogens is 202 g/mol. The largest absolute Gasteiger partial charge is 0.314 e. The summed E-state index contributed by atoms with van der Waals surface area (Å²) in [6, 6.07) is 0.586. The lowest BCUT2D eigenvalue weighted by Crippen LogP contribution is -2.28. The molecule has 0 fully saturated rings. The minimum Gasteiger partial charge on any atom is -0.314 e. The Morgan fingerprint density at radius 1 is 1.31 bits per heavy atom. The zero-order valence-electron chi connectivity index (χ0n) is 10.8. The maximum Gasteiger partial charge on any atom is 0.130 e. The van der Waals surface area contributed by atoms with Crippen LogP contribution in [0.2, 0.25) is 0 Å². The minimum atomic E-state index is -0.0824. The quantitative estimate of drug-likeness (QED) is 0.460. The van der Waals surface area contributed by atoms with Crippen LogP contribution in [0.4, 0.5) is 0 Å². The van der Waals surface area contributed by atoms with Crippen molar-refractivity contribution in [2.45, 2.75) is 58.9 Å². The molecule has 0 aliphatic rings. The second-order valence-electron chi connectivity index (χ2n) is 4.41. The standard InChI is InChI=1S/C13H25NO2/c1-4-13(5-2)14-8-6-7-12(10-15)9-11(3)16/h10,12-14H,4-9H2,1-3H3. The summed E-state index contributed by atoms with van der Waals surface area (Å²) in [6.45, 7) is 6.82. The lowest BCUT2D eigenvalue weighted by Gasteiger charge is -2.15. The SMILES string of the molecule is CCC(CC)NCCCC(C=O)CC(C)=O. The molecule has 0 rings (SSSR count). The Kier molecular flexibility index (Phi) is 9.10. The number of carbonyl (C=O) groups is 2. The molecular formula is C13H25NO2. The number of rotatable bonds is 10. The lowest BCUT2D eigenvalue weighted by atomic mass is 9.99. The molecule has 0 aromatic rings. The normalized spacial score (nSPS) is 12.8. The van der Waals surface area contributed by atoms with Gasteiger partial charge in [-0.15, -0.1) is 0 Å². The molecule has 1 unspecified atom stereocenters. The Hall–Kier alpha value is -0.700. The monoisotopic (exact) mass is 227 g/mol. The van der Waals surface area contributed by atoms with Gasteiger partial charge in [-0.25, -0.2) is 0 Å². The maximum atomic E-state index is 10.9. The second-order valence-corrected chi connectivity index (χ2v) is 4.41. The van der Waals surface area contributed by atoms with Crippen LogP contribution in [0, 0.1) is 5.92 Å². The summed E-state index contributed by atoms with van der Waals surface area (Å²) in [5.74, 6) is 0.0195. The fourth-order valence-corrected chi connectivity index (χ4v) is 1.84. The van der Waals surface area contributed by atoms with Gasteiger partial charge in [0.05, 0.1) is 0 Å². The molecule has 16 heavy (non-hydrogen) atoms. The first kappa shape index (κ1) is 15.3. The molecule has 0 aromatic carbocycles. The summed E-state index contributed by atoms with van der Waals surface area (Å²) in [5.41, 5.74) is 0. The zero-order chi connectivity index (χ0) is 12.4. The van der Waals surface area contributed by atoms with Crippen LogP contribution in [0.1, 0.15) is 52.9 Å². The number of hydrogen-bond donors (Lipinski definition) is 1. The summed E-state index contributed by atoms with van der Waals surface area (Å²) in [4.78, 5) is 21.6. The van der Waals surface area contributed by atoms with E-state index in [4.69, 9.17) is 0 Å². The van der Waals surface area contributed by atoms with Gasteiger partial charge in [-0.2, -0.15) is 0 Å². The molecule has 0 saturated carbocycles. The summed E-state index contributed by atoms with van der Waals surface area (Å²) in [7, 11) is 0. The molecule has 0 spiro atoms. The lowest BCUT2D eigenvalue weighted by molar-refractivity contribution is -0.121. The Balaban J connectivity index is 3.62. The molecule has 0 heterocycles. The zero-order valence-corrected chi connectivity index (χ0v) is 10.8.